The Morgan fingerprint density at radius 3 is 2.54 bits per heavy atom. The summed E-state index contributed by atoms with van der Waals surface area (Å²) in [5, 5.41) is 3.30. The third kappa shape index (κ3) is 4.66. The van der Waals surface area contributed by atoms with Crippen LogP contribution >= 0.6 is 12.4 Å². The van der Waals surface area contributed by atoms with Gasteiger partial charge in [-0.1, -0.05) is 24.3 Å². The van der Waals surface area contributed by atoms with Crippen LogP contribution in [0, 0.1) is 0 Å². The maximum Gasteiger partial charge on any atom is 0.264 e. The number of anilines is 1. The molecule has 0 aliphatic carbocycles. The summed E-state index contributed by atoms with van der Waals surface area (Å²) in [6.45, 7) is 6.09. The highest BCUT2D eigenvalue weighted by molar-refractivity contribution is 7.92. The van der Waals surface area contributed by atoms with Gasteiger partial charge in [0.1, 0.15) is 0 Å². The molecule has 0 saturated carbocycles. The van der Waals surface area contributed by atoms with Crippen molar-refractivity contribution >= 4 is 34.0 Å². The second kappa shape index (κ2) is 9.41. The van der Waals surface area contributed by atoms with Gasteiger partial charge in [-0.05, 0) is 44.2 Å². The summed E-state index contributed by atoms with van der Waals surface area (Å²) in [4.78, 5) is 14.7. The van der Waals surface area contributed by atoms with Crippen LogP contribution in [-0.4, -0.2) is 51.4 Å². The number of piperazine rings is 1. The molecule has 1 atom stereocenters. The van der Waals surface area contributed by atoms with Gasteiger partial charge in [-0.15, -0.1) is 12.4 Å². The lowest BCUT2D eigenvalue weighted by Crippen LogP contribution is -2.51. The molecule has 2 aromatic rings. The highest BCUT2D eigenvalue weighted by Crippen LogP contribution is 2.24. The summed E-state index contributed by atoms with van der Waals surface area (Å²) in [6.07, 6.45) is 0. The molecule has 2 aromatic carbocycles. The zero-order valence-electron chi connectivity index (χ0n) is 16.0. The number of sulfonamides is 1. The average Bonchev–Trinajstić information content (AvgIpc) is 2.69. The molecule has 0 radical (unpaired) electrons. The van der Waals surface area contributed by atoms with E-state index in [2.05, 4.69) is 5.32 Å². The van der Waals surface area contributed by atoms with Crippen molar-refractivity contribution in [3.8, 4) is 0 Å². The van der Waals surface area contributed by atoms with Gasteiger partial charge in [0.15, 0.2) is 0 Å². The molecule has 1 unspecified atom stereocenters. The van der Waals surface area contributed by atoms with Crippen LogP contribution in [0.3, 0.4) is 0 Å². The van der Waals surface area contributed by atoms with Crippen LogP contribution in [0.1, 0.15) is 24.2 Å². The van der Waals surface area contributed by atoms with Crippen molar-refractivity contribution in [2.24, 2.45) is 0 Å². The summed E-state index contributed by atoms with van der Waals surface area (Å²) in [7, 11) is -3.75. The molecule has 1 fully saturated rings. The Morgan fingerprint density at radius 1 is 1.18 bits per heavy atom. The molecular formula is C20H26ClN3O3S. The zero-order valence-corrected chi connectivity index (χ0v) is 17.7. The Hall–Kier alpha value is -2.09. The van der Waals surface area contributed by atoms with Crippen LogP contribution in [0.4, 0.5) is 5.69 Å². The number of hydrogen-bond acceptors (Lipinski definition) is 4. The first-order valence-electron chi connectivity index (χ1n) is 9.14. The topological polar surface area (TPSA) is 69.7 Å². The lowest BCUT2D eigenvalue weighted by Gasteiger charge is -2.32. The molecule has 152 valence electrons. The number of hydrogen-bond donors (Lipinski definition) is 1. The predicted octanol–water partition coefficient (Wildman–Crippen LogP) is 2.76. The van der Waals surface area contributed by atoms with Crippen molar-refractivity contribution in [2.75, 3.05) is 30.5 Å². The van der Waals surface area contributed by atoms with Crippen LogP contribution < -0.4 is 9.62 Å². The molecule has 28 heavy (non-hydrogen) atoms. The maximum atomic E-state index is 13.2. The van der Waals surface area contributed by atoms with Crippen LogP contribution in [-0.2, 0) is 10.0 Å². The van der Waals surface area contributed by atoms with Crippen LogP contribution in [0.25, 0.3) is 0 Å². The Balaban J connectivity index is 0.00000280. The van der Waals surface area contributed by atoms with E-state index in [-0.39, 0.29) is 29.3 Å². The molecule has 1 heterocycles. The van der Waals surface area contributed by atoms with Crippen molar-refractivity contribution in [3.05, 3.63) is 60.2 Å². The molecule has 8 heteroatoms. The Bertz CT molecular complexity index is 906. The standard InChI is InChI=1S/C20H25N3O3S.ClH/c1-3-23(18-9-5-4-6-10-18)27(25,26)19-11-7-8-17(14-19)20(24)22-13-12-21-16(2)15-22;/h4-11,14,16,21H,3,12-13,15H2,1-2H3;1H. The first-order chi connectivity index (χ1) is 12.9. The highest BCUT2D eigenvalue weighted by Gasteiger charge is 2.26. The van der Waals surface area contributed by atoms with Gasteiger partial charge >= 0.3 is 0 Å². The highest BCUT2D eigenvalue weighted by atomic mass is 35.5. The zero-order chi connectivity index (χ0) is 19.4. The number of para-hydroxylation sites is 1. The van der Waals surface area contributed by atoms with Gasteiger partial charge in [0.25, 0.3) is 15.9 Å². The van der Waals surface area contributed by atoms with E-state index in [1.54, 1.807) is 48.2 Å². The largest absolute Gasteiger partial charge is 0.336 e. The van der Waals surface area contributed by atoms with E-state index in [1.165, 1.54) is 16.4 Å². The van der Waals surface area contributed by atoms with Crippen molar-refractivity contribution in [2.45, 2.75) is 24.8 Å². The molecular weight excluding hydrogens is 398 g/mol. The first kappa shape index (κ1) is 22.2. The monoisotopic (exact) mass is 423 g/mol. The van der Waals surface area contributed by atoms with Gasteiger partial charge in [0.2, 0.25) is 0 Å². The molecule has 3 rings (SSSR count). The minimum Gasteiger partial charge on any atom is -0.336 e. The number of nitrogens with one attached hydrogen (secondary N) is 1. The summed E-state index contributed by atoms with van der Waals surface area (Å²) >= 11 is 0. The summed E-state index contributed by atoms with van der Waals surface area (Å²) < 4.78 is 27.7. The quantitative estimate of drug-likeness (QED) is 0.802. The number of halogens is 1. The van der Waals surface area contributed by atoms with Crippen molar-refractivity contribution in [3.63, 3.8) is 0 Å². The average molecular weight is 424 g/mol. The first-order valence-corrected chi connectivity index (χ1v) is 10.6. The van der Waals surface area contributed by atoms with Crippen molar-refractivity contribution in [1.29, 1.82) is 0 Å². The fourth-order valence-electron chi connectivity index (χ4n) is 3.30. The minimum absolute atomic E-state index is 0. The van der Waals surface area contributed by atoms with Gasteiger partial charge in [0.05, 0.1) is 10.6 Å². The molecule has 1 aliphatic heterocycles. The third-order valence-electron chi connectivity index (χ3n) is 4.66. The molecule has 1 saturated heterocycles. The van der Waals surface area contributed by atoms with Crippen molar-refractivity contribution < 1.29 is 13.2 Å². The number of benzene rings is 2. The maximum absolute atomic E-state index is 13.2. The number of carbonyl (C=O) groups excluding carboxylic acids is 1. The van der Waals surface area contributed by atoms with E-state index in [0.29, 0.717) is 30.9 Å². The minimum atomic E-state index is -3.75. The second-order valence-electron chi connectivity index (χ2n) is 6.64. The van der Waals surface area contributed by atoms with Gasteiger partial charge in [-0.2, -0.15) is 0 Å². The molecule has 1 aliphatic rings. The smallest absolute Gasteiger partial charge is 0.264 e. The Labute approximate surface area is 173 Å². The van der Waals surface area contributed by atoms with Crippen LogP contribution in [0.5, 0.6) is 0 Å². The Kier molecular flexibility index (Phi) is 7.46. The summed E-state index contributed by atoms with van der Waals surface area (Å²) in [5.41, 5.74) is 1.00. The van der Waals surface area contributed by atoms with E-state index in [9.17, 15) is 13.2 Å². The molecule has 1 N–H and O–H groups in total. The fourth-order valence-corrected chi connectivity index (χ4v) is 4.82. The summed E-state index contributed by atoms with van der Waals surface area (Å²) in [6, 6.07) is 15.5. The number of nitrogens with zero attached hydrogens (tertiary/aromatic N) is 2. The van der Waals surface area contributed by atoms with Gasteiger partial charge in [0, 0.05) is 37.8 Å². The lowest BCUT2D eigenvalue weighted by atomic mass is 10.1. The van der Waals surface area contributed by atoms with Crippen molar-refractivity contribution in [1.82, 2.24) is 10.2 Å². The molecule has 0 bridgehead atoms. The van der Waals surface area contributed by atoms with E-state index in [4.69, 9.17) is 0 Å². The molecule has 1 amide bonds. The number of amides is 1. The molecule has 6 nitrogen and oxygen atoms in total. The van der Waals surface area contributed by atoms with Crippen LogP contribution in [0.15, 0.2) is 59.5 Å². The second-order valence-corrected chi connectivity index (χ2v) is 8.50. The Morgan fingerprint density at radius 2 is 1.89 bits per heavy atom. The number of carbonyl (C=O) groups is 1. The third-order valence-corrected chi connectivity index (χ3v) is 6.56. The predicted molar refractivity (Wildman–Crippen MR) is 114 cm³/mol. The van der Waals surface area contributed by atoms with E-state index >= 15 is 0 Å². The van der Waals surface area contributed by atoms with E-state index in [1.807, 2.05) is 13.0 Å². The van der Waals surface area contributed by atoms with Crippen LogP contribution in [0.2, 0.25) is 0 Å². The lowest BCUT2D eigenvalue weighted by molar-refractivity contribution is 0.0709. The SMILES string of the molecule is CCN(c1ccccc1)S(=O)(=O)c1cccc(C(=O)N2CCNC(C)C2)c1.Cl. The normalized spacial score (nSPS) is 16.9. The fraction of sp³-hybridized carbons (Fsp3) is 0.350. The van der Waals surface area contributed by atoms with Gasteiger partial charge < -0.3 is 10.2 Å². The van der Waals surface area contributed by atoms with E-state index < -0.39 is 10.0 Å². The number of rotatable bonds is 5. The van der Waals surface area contributed by atoms with Gasteiger partial charge in [-0.3, -0.25) is 9.10 Å². The van der Waals surface area contributed by atoms with E-state index in [0.717, 1.165) is 6.54 Å². The molecule has 0 spiro atoms. The summed E-state index contributed by atoms with van der Waals surface area (Å²) in [5.74, 6) is -0.136. The molecule has 0 aromatic heterocycles. The van der Waals surface area contributed by atoms with Gasteiger partial charge in [-0.25, -0.2) is 8.42 Å².